The van der Waals surface area contributed by atoms with Gasteiger partial charge in [0.15, 0.2) is 0 Å². The van der Waals surface area contributed by atoms with Crippen LogP contribution in [0.25, 0.3) is 0 Å². The summed E-state index contributed by atoms with van der Waals surface area (Å²) in [6, 6.07) is 3.69. The minimum absolute atomic E-state index is 0.00975. The molecule has 4 nitrogen and oxygen atoms in total. The Balaban J connectivity index is 2.15. The third-order valence-corrected chi connectivity index (χ3v) is 3.69. The average molecular weight is 301 g/mol. The van der Waals surface area contributed by atoms with E-state index in [4.69, 9.17) is 0 Å². The fourth-order valence-electron chi connectivity index (χ4n) is 2.47. The van der Waals surface area contributed by atoms with Gasteiger partial charge in [-0.25, -0.2) is 4.79 Å². The molecule has 0 spiro atoms. The van der Waals surface area contributed by atoms with Crippen molar-refractivity contribution in [2.45, 2.75) is 37.4 Å². The number of hydrogen-bond donors (Lipinski definition) is 2. The van der Waals surface area contributed by atoms with Gasteiger partial charge in [-0.15, -0.1) is 0 Å². The fraction of sp³-hybridized carbons (Fsp3) is 0.429. The summed E-state index contributed by atoms with van der Waals surface area (Å²) in [7, 11) is 0. The lowest BCUT2D eigenvalue weighted by atomic mass is 9.97. The van der Waals surface area contributed by atoms with Crippen LogP contribution < -0.4 is 5.32 Å². The van der Waals surface area contributed by atoms with Crippen molar-refractivity contribution in [2.24, 2.45) is 0 Å². The number of hydrogen-bond acceptors (Lipinski definition) is 2. The van der Waals surface area contributed by atoms with Crippen molar-refractivity contribution in [3.05, 3.63) is 35.4 Å². The molecule has 114 valence electrons. The second-order valence-corrected chi connectivity index (χ2v) is 5.12. The molecule has 1 aliphatic carbocycles. The number of carbonyl (C=O) groups is 2. The molecule has 2 N–H and O–H groups in total. The smallest absolute Gasteiger partial charge is 0.416 e. The Hall–Kier alpha value is -2.05. The molecule has 1 saturated carbocycles. The van der Waals surface area contributed by atoms with Gasteiger partial charge in [-0.1, -0.05) is 12.8 Å². The lowest BCUT2D eigenvalue weighted by Gasteiger charge is -2.25. The molecule has 0 aliphatic heterocycles. The van der Waals surface area contributed by atoms with E-state index in [0.29, 0.717) is 25.7 Å². The van der Waals surface area contributed by atoms with Crippen LogP contribution in [0.15, 0.2) is 24.3 Å². The molecule has 0 heterocycles. The molecule has 1 amide bonds. The number of alkyl halides is 3. The van der Waals surface area contributed by atoms with Gasteiger partial charge < -0.3 is 10.4 Å². The maximum absolute atomic E-state index is 12.4. The van der Waals surface area contributed by atoms with Crippen LogP contribution in [0.2, 0.25) is 0 Å². The quantitative estimate of drug-likeness (QED) is 0.902. The Morgan fingerprint density at radius 3 is 2.05 bits per heavy atom. The number of carbonyl (C=O) groups excluding carboxylic acids is 1. The van der Waals surface area contributed by atoms with Crippen molar-refractivity contribution < 1.29 is 27.9 Å². The van der Waals surface area contributed by atoms with Gasteiger partial charge in [0.25, 0.3) is 5.91 Å². The third kappa shape index (κ3) is 3.17. The van der Waals surface area contributed by atoms with Gasteiger partial charge in [-0.05, 0) is 37.1 Å². The highest BCUT2D eigenvalue weighted by molar-refractivity contribution is 5.98. The zero-order valence-corrected chi connectivity index (χ0v) is 11.0. The van der Waals surface area contributed by atoms with Crippen LogP contribution in [0.1, 0.15) is 41.6 Å². The largest absolute Gasteiger partial charge is 0.480 e. The standard InChI is InChI=1S/C14H14F3NO3/c15-14(16,17)10-5-3-9(4-6-10)11(19)18-13(12(20)21)7-1-2-8-13/h3-6H,1-2,7-8H2,(H,18,19)(H,20,21). The molecule has 1 aliphatic rings. The van der Waals surface area contributed by atoms with E-state index in [1.165, 1.54) is 0 Å². The highest BCUT2D eigenvalue weighted by atomic mass is 19.4. The molecule has 0 aromatic heterocycles. The van der Waals surface area contributed by atoms with Crippen LogP contribution in [0.3, 0.4) is 0 Å². The summed E-state index contributed by atoms with van der Waals surface area (Å²) in [5.41, 5.74) is -2.15. The fourth-order valence-corrected chi connectivity index (χ4v) is 2.47. The molecule has 7 heteroatoms. The van der Waals surface area contributed by atoms with E-state index in [-0.39, 0.29) is 5.56 Å². The molecular weight excluding hydrogens is 287 g/mol. The Kier molecular flexibility index (Phi) is 3.93. The average Bonchev–Trinajstić information content (AvgIpc) is 2.88. The van der Waals surface area contributed by atoms with E-state index in [1.54, 1.807) is 0 Å². The molecule has 0 saturated heterocycles. The number of benzene rings is 1. The molecule has 0 atom stereocenters. The lowest BCUT2D eigenvalue weighted by Crippen LogP contribution is -2.52. The third-order valence-electron chi connectivity index (χ3n) is 3.69. The highest BCUT2D eigenvalue weighted by Gasteiger charge is 2.42. The summed E-state index contributed by atoms with van der Waals surface area (Å²) < 4.78 is 37.3. The summed E-state index contributed by atoms with van der Waals surface area (Å²) >= 11 is 0. The summed E-state index contributed by atoms with van der Waals surface area (Å²) in [4.78, 5) is 23.3. The van der Waals surface area contributed by atoms with Gasteiger partial charge in [-0.3, -0.25) is 4.79 Å². The first-order chi connectivity index (χ1) is 9.74. The number of amides is 1. The Bertz CT molecular complexity index is 546. The SMILES string of the molecule is O=C(NC1(C(=O)O)CCCC1)c1ccc(C(F)(F)F)cc1. The number of nitrogens with one attached hydrogen (secondary N) is 1. The van der Waals surface area contributed by atoms with Crippen LogP contribution in [0.4, 0.5) is 13.2 Å². The van der Waals surface area contributed by atoms with Crippen molar-refractivity contribution in [3.63, 3.8) is 0 Å². The van der Waals surface area contributed by atoms with Gasteiger partial charge in [-0.2, -0.15) is 13.2 Å². The first-order valence-corrected chi connectivity index (χ1v) is 6.48. The summed E-state index contributed by atoms with van der Waals surface area (Å²) in [5.74, 6) is -1.78. The van der Waals surface area contributed by atoms with E-state index < -0.39 is 29.2 Å². The second kappa shape index (κ2) is 5.38. The number of rotatable bonds is 3. The Morgan fingerprint density at radius 2 is 1.62 bits per heavy atom. The molecule has 21 heavy (non-hydrogen) atoms. The van der Waals surface area contributed by atoms with Gasteiger partial charge in [0, 0.05) is 5.56 Å². The minimum atomic E-state index is -4.47. The molecule has 1 fully saturated rings. The number of carboxylic acid groups (broad SMARTS) is 1. The lowest BCUT2D eigenvalue weighted by molar-refractivity contribution is -0.144. The van der Waals surface area contributed by atoms with Gasteiger partial charge in [0.2, 0.25) is 0 Å². The Morgan fingerprint density at radius 1 is 1.10 bits per heavy atom. The van der Waals surface area contributed by atoms with Crippen molar-refractivity contribution in [2.75, 3.05) is 0 Å². The van der Waals surface area contributed by atoms with Crippen LogP contribution in [-0.4, -0.2) is 22.5 Å². The summed E-state index contributed by atoms with van der Waals surface area (Å²) in [5, 5.41) is 11.7. The zero-order valence-electron chi connectivity index (χ0n) is 11.0. The second-order valence-electron chi connectivity index (χ2n) is 5.12. The van der Waals surface area contributed by atoms with Crippen LogP contribution in [0, 0.1) is 0 Å². The van der Waals surface area contributed by atoms with Gasteiger partial charge in [0.1, 0.15) is 5.54 Å². The normalized spacial score (nSPS) is 17.5. The molecular formula is C14H14F3NO3. The number of aliphatic carboxylic acids is 1. The molecule has 1 aromatic carbocycles. The van der Waals surface area contributed by atoms with Crippen molar-refractivity contribution in [3.8, 4) is 0 Å². The van der Waals surface area contributed by atoms with E-state index in [9.17, 15) is 27.9 Å². The first kappa shape index (κ1) is 15.3. The van der Waals surface area contributed by atoms with E-state index in [1.807, 2.05) is 0 Å². The number of carboxylic acids is 1. The van der Waals surface area contributed by atoms with Crippen LogP contribution in [-0.2, 0) is 11.0 Å². The predicted octanol–water partition coefficient (Wildman–Crippen LogP) is 2.83. The topological polar surface area (TPSA) is 66.4 Å². The van der Waals surface area contributed by atoms with E-state index in [2.05, 4.69) is 5.32 Å². The zero-order chi connectivity index (χ0) is 15.7. The Labute approximate surface area is 119 Å². The van der Waals surface area contributed by atoms with E-state index >= 15 is 0 Å². The van der Waals surface area contributed by atoms with Crippen molar-refractivity contribution >= 4 is 11.9 Å². The van der Waals surface area contributed by atoms with Crippen LogP contribution in [0.5, 0.6) is 0 Å². The number of halogens is 3. The van der Waals surface area contributed by atoms with Gasteiger partial charge in [0.05, 0.1) is 5.56 Å². The maximum Gasteiger partial charge on any atom is 0.416 e. The van der Waals surface area contributed by atoms with Crippen molar-refractivity contribution in [1.29, 1.82) is 0 Å². The van der Waals surface area contributed by atoms with Gasteiger partial charge >= 0.3 is 12.1 Å². The predicted molar refractivity (Wildman–Crippen MR) is 67.7 cm³/mol. The summed E-state index contributed by atoms with van der Waals surface area (Å²) in [6.07, 6.45) is -2.43. The first-order valence-electron chi connectivity index (χ1n) is 6.48. The van der Waals surface area contributed by atoms with E-state index in [0.717, 1.165) is 24.3 Å². The molecule has 0 unspecified atom stereocenters. The monoisotopic (exact) mass is 301 g/mol. The molecule has 2 rings (SSSR count). The minimum Gasteiger partial charge on any atom is -0.480 e. The molecule has 0 radical (unpaired) electrons. The molecule has 1 aromatic rings. The maximum atomic E-state index is 12.4. The van der Waals surface area contributed by atoms with Crippen LogP contribution >= 0.6 is 0 Å². The highest BCUT2D eigenvalue weighted by Crippen LogP contribution is 2.31. The summed E-state index contributed by atoms with van der Waals surface area (Å²) in [6.45, 7) is 0. The molecule has 0 bridgehead atoms. The van der Waals surface area contributed by atoms with Crippen molar-refractivity contribution in [1.82, 2.24) is 5.32 Å².